The molecule has 3 aromatic carbocycles. The van der Waals surface area contributed by atoms with Gasteiger partial charge in [-0.25, -0.2) is 4.98 Å². The van der Waals surface area contributed by atoms with Crippen LogP contribution in [0.3, 0.4) is 0 Å². The molecule has 2 N–H and O–H groups in total. The molecule has 0 fully saturated rings. The van der Waals surface area contributed by atoms with E-state index in [1.807, 2.05) is 91.1 Å². The number of nitrogens with two attached hydrogens (primary N) is 1. The maximum Gasteiger partial charge on any atom is 0.213 e. The predicted molar refractivity (Wildman–Crippen MR) is 126 cm³/mol. The molecule has 4 aromatic rings. The van der Waals surface area contributed by atoms with E-state index in [4.69, 9.17) is 15.2 Å². The van der Waals surface area contributed by atoms with Crippen molar-refractivity contribution in [2.24, 2.45) is 5.73 Å². The second-order valence-electron chi connectivity index (χ2n) is 6.97. The van der Waals surface area contributed by atoms with E-state index in [1.54, 1.807) is 0 Å². The molecule has 0 saturated carbocycles. The van der Waals surface area contributed by atoms with Crippen LogP contribution in [0.25, 0.3) is 11.1 Å². The number of rotatable bonds is 8. The highest BCUT2D eigenvalue weighted by atomic mass is 35.5. The molecule has 1 heterocycles. The maximum atomic E-state index is 6.11. The van der Waals surface area contributed by atoms with E-state index >= 15 is 0 Å². The van der Waals surface area contributed by atoms with Crippen molar-refractivity contribution in [3.63, 3.8) is 0 Å². The van der Waals surface area contributed by atoms with Crippen molar-refractivity contribution >= 4 is 12.4 Å². The summed E-state index contributed by atoms with van der Waals surface area (Å²) in [7, 11) is 0. The third kappa shape index (κ3) is 6.07. The molecule has 0 radical (unpaired) electrons. The molecule has 1 aromatic heterocycles. The van der Waals surface area contributed by atoms with Crippen molar-refractivity contribution in [2.75, 3.05) is 0 Å². The highest BCUT2D eigenvalue weighted by Crippen LogP contribution is 2.32. The van der Waals surface area contributed by atoms with Crippen molar-refractivity contribution < 1.29 is 9.47 Å². The Kier molecular flexibility index (Phi) is 8.05. The van der Waals surface area contributed by atoms with Crippen LogP contribution in [0, 0.1) is 0 Å². The highest BCUT2D eigenvalue weighted by molar-refractivity contribution is 5.85. The molecule has 4 rings (SSSR count). The Morgan fingerprint density at radius 1 is 0.677 bits per heavy atom. The first-order chi connectivity index (χ1) is 14.8. The summed E-state index contributed by atoms with van der Waals surface area (Å²) in [4.78, 5) is 4.48. The van der Waals surface area contributed by atoms with Crippen LogP contribution in [0.15, 0.2) is 97.2 Å². The number of benzene rings is 3. The first kappa shape index (κ1) is 22.3. The molecule has 0 aliphatic rings. The summed E-state index contributed by atoms with van der Waals surface area (Å²) in [6.45, 7) is 1.46. The Balaban J connectivity index is 0.00000272. The molecular formula is C26H25ClN2O2. The molecule has 5 heteroatoms. The lowest BCUT2D eigenvalue weighted by Crippen LogP contribution is -2.01. The largest absolute Gasteiger partial charge is 0.488 e. The molecule has 0 amide bonds. The molecule has 0 unspecified atom stereocenters. The molecule has 31 heavy (non-hydrogen) atoms. The molecule has 0 aliphatic heterocycles. The molecular weight excluding hydrogens is 408 g/mol. The van der Waals surface area contributed by atoms with Crippen LogP contribution < -0.4 is 15.2 Å². The zero-order valence-electron chi connectivity index (χ0n) is 17.1. The topological polar surface area (TPSA) is 57.4 Å². The lowest BCUT2D eigenvalue weighted by molar-refractivity contribution is 0.294. The number of hydrogen-bond donors (Lipinski definition) is 1. The fourth-order valence-electron chi connectivity index (χ4n) is 3.15. The van der Waals surface area contributed by atoms with E-state index in [9.17, 15) is 0 Å². The van der Waals surface area contributed by atoms with Gasteiger partial charge in [0.2, 0.25) is 5.88 Å². The van der Waals surface area contributed by atoms with Gasteiger partial charge in [0.05, 0.1) is 0 Å². The Labute approximate surface area is 189 Å². The monoisotopic (exact) mass is 432 g/mol. The number of aromatic nitrogens is 1. The second kappa shape index (κ2) is 11.2. The van der Waals surface area contributed by atoms with Gasteiger partial charge in [0.15, 0.2) is 0 Å². The van der Waals surface area contributed by atoms with Crippen molar-refractivity contribution in [1.82, 2.24) is 4.98 Å². The van der Waals surface area contributed by atoms with Gasteiger partial charge < -0.3 is 15.2 Å². The Morgan fingerprint density at radius 2 is 1.32 bits per heavy atom. The van der Waals surface area contributed by atoms with Crippen molar-refractivity contribution in [2.45, 2.75) is 19.8 Å². The van der Waals surface area contributed by atoms with Crippen LogP contribution in [0.4, 0.5) is 0 Å². The zero-order valence-corrected chi connectivity index (χ0v) is 17.9. The standard InChI is InChI=1S/C26H24N2O2.ClH/c27-16-22-11-13-25(29-18-20-7-3-1-4-8-20)24(15-22)23-12-14-26(28-17-23)30-19-21-9-5-2-6-10-21;/h1-15,17H,16,18-19,27H2;1H. The van der Waals surface area contributed by atoms with Gasteiger partial charge in [0, 0.05) is 29.9 Å². The molecule has 0 bridgehead atoms. The van der Waals surface area contributed by atoms with Gasteiger partial charge in [-0.05, 0) is 34.9 Å². The second-order valence-corrected chi connectivity index (χ2v) is 6.97. The number of ether oxygens (including phenoxy) is 2. The van der Waals surface area contributed by atoms with Crippen LogP contribution in [0.1, 0.15) is 16.7 Å². The third-order valence-corrected chi connectivity index (χ3v) is 4.79. The Hall–Kier alpha value is -3.34. The highest BCUT2D eigenvalue weighted by Gasteiger charge is 2.09. The smallest absolute Gasteiger partial charge is 0.213 e. The van der Waals surface area contributed by atoms with Gasteiger partial charge in [-0.15, -0.1) is 12.4 Å². The normalized spacial score (nSPS) is 10.2. The van der Waals surface area contributed by atoms with Crippen LogP contribution in [-0.4, -0.2) is 4.98 Å². The summed E-state index contributed by atoms with van der Waals surface area (Å²) in [6, 6.07) is 30.1. The van der Waals surface area contributed by atoms with E-state index in [0.717, 1.165) is 33.6 Å². The van der Waals surface area contributed by atoms with Crippen LogP contribution in [0.5, 0.6) is 11.6 Å². The minimum atomic E-state index is 0. The van der Waals surface area contributed by atoms with Gasteiger partial charge in [-0.3, -0.25) is 0 Å². The summed E-state index contributed by atoms with van der Waals surface area (Å²) in [5, 5.41) is 0. The summed E-state index contributed by atoms with van der Waals surface area (Å²) in [6.07, 6.45) is 1.81. The minimum Gasteiger partial charge on any atom is -0.488 e. The first-order valence-electron chi connectivity index (χ1n) is 9.95. The van der Waals surface area contributed by atoms with E-state index < -0.39 is 0 Å². The van der Waals surface area contributed by atoms with E-state index in [1.165, 1.54) is 0 Å². The average molecular weight is 433 g/mol. The van der Waals surface area contributed by atoms with Gasteiger partial charge >= 0.3 is 0 Å². The fourth-order valence-corrected chi connectivity index (χ4v) is 3.15. The molecule has 0 aliphatic carbocycles. The molecule has 0 atom stereocenters. The molecule has 0 saturated heterocycles. The number of pyridine rings is 1. The SMILES string of the molecule is Cl.NCc1ccc(OCc2ccccc2)c(-c2ccc(OCc3ccccc3)nc2)c1. The summed E-state index contributed by atoms with van der Waals surface area (Å²) >= 11 is 0. The number of halogens is 1. The van der Waals surface area contributed by atoms with Crippen LogP contribution >= 0.6 is 12.4 Å². The number of hydrogen-bond acceptors (Lipinski definition) is 4. The van der Waals surface area contributed by atoms with Gasteiger partial charge in [0.1, 0.15) is 19.0 Å². The predicted octanol–water partition coefficient (Wildman–Crippen LogP) is 5.79. The van der Waals surface area contributed by atoms with Gasteiger partial charge in [-0.1, -0.05) is 66.7 Å². The van der Waals surface area contributed by atoms with E-state index in [0.29, 0.717) is 25.6 Å². The van der Waals surface area contributed by atoms with Crippen molar-refractivity contribution in [3.8, 4) is 22.8 Å². The Bertz CT molecular complexity index is 1070. The quantitative estimate of drug-likeness (QED) is 0.383. The average Bonchev–Trinajstić information content (AvgIpc) is 2.83. The Morgan fingerprint density at radius 3 is 1.90 bits per heavy atom. The molecule has 4 nitrogen and oxygen atoms in total. The summed E-state index contributed by atoms with van der Waals surface area (Å²) in [5.74, 6) is 1.39. The van der Waals surface area contributed by atoms with Crippen LogP contribution in [0.2, 0.25) is 0 Å². The fraction of sp³-hybridized carbons (Fsp3) is 0.115. The summed E-state index contributed by atoms with van der Waals surface area (Å²) in [5.41, 5.74) is 11.1. The molecule has 0 spiro atoms. The zero-order chi connectivity index (χ0) is 20.6. The van der Waals surface area contributed by atoms with Crippen LogP contribution in [-0.2, 0) is 19.8 Å². The van der Waals surface area contributed by atoms with Crippen molar-refractivity contribution in [1.29, 1.82) is 0 Å². The minimum absolute atomic E-state index is 0. The van der Waals surface area contributed by atoms with Crippen molar-refractivity contribution in [3.05, 3.63) is 114 Å². The summed E-state index contributed by atoms with van der Waals surface area (Å²) < 4.78 is 11.9. The number of nitrogens with zero attached hydrogens (tertiary/aromatic N) is 1. The maximum absolute atomic E-state index is 6.11. The molecule has 158 valence electrons. The van der Waals surface area contributed by atoms with E-state index in [2.05, 4.69) is 11.1 Å². The van der Waals surface area contributed by atoms with Gasteiger partial charge in [-0.2, -0.15) is 0 Å². The lowest BCUT2D eigenvalue weighted by Gasteiger charge is -2.14. The first-order valence-corrected chi connectivity index (χ1v) is 9.95. The third-order valence-electron chi connectivity index (χ3n) is 4.79. The van der Waals surface area contributed by atoms with Gasteiger partial charge in [0.25, 0.3) is 0 Å². The van der Waals surface area contributed by atoms with E-state index in [-0.39, 0.29) is 12.4 Å². The lowest BCUT2D eigenvalue weighted by atomic mass is 10.0.